The van der Waals surface area contributed by atoms with Gasteiger partial charge < -0.3 is 4.57 Å². The fourth-order valence-corrected chi connectivity index (χ4v) is 3.51. The van der Waals surface area contributed by atoms with Crippen LogP contribution in [0.15, 0.2) is 43.0 Å². The van der Waals surface area contributed by atoms with Crippen LogP contribution in [-0.2, 0) is 13.0 Å². The summed E-state index contributed by atoms with van der Waals surface area (Å²) in [6, 6.07) is 8.87. The summed E-state index contributed by atoms with van der Waals surface area (Å²) in [6.07, 6.45) is 22.5. The predicted octanol–water partition coefficient (Wildman–Crippen LogP) is 7.21. The van der Waals surface area contributed by atoms with Crippen molar-refractivity contribution in [1.82, 2.24) is 9.55 Å². The molecule has 0 saturated heterocycles. The van der Waals surface area contributed by atoms with Gasteiger partial charge in [0.05, 0.1) is 6.33 Å². The van der Waals surface area contributed by atoms with Crippen molar-refractivity contribution >= 4 is 12.4 Å². The zero-order valence-corrected chi connectivity index (χ0v) is 17.4. The molecule has 146 valence electrons. The molecule has 0 radical (unpaired) electrons. The maximum Gasteiger partial charge on any atom is 0.0949 e. The van der Waals surface area contributed by atoms with E-state index in [2.05, 4.69) is 40.7 Å². The summed E-state index contributed by atoms with van der Waals surface area (Å²) in [7, 11) is 0. The third-order valence-corrected chi connectivity index (χ3v) is 5.08. The topological polar surface area (TPSA) is 17.8 Å². The minimum absolute atomic E-state index is 0. The molecule has 0 saturated carbocycles. The maximum atomic E-state index is 4.14. The SMILES string of the molecule is CCCCCCCCCCCCCc1ccccc1Cn1ccnc1.Cl. The third kappa shape index (κ3) is 9.43. The molecular formula is C23H37ClN2. The molecule has 0 atom stereocenters. The molecule has 0 aliphatic rings. The first kappa shape index (κ1) is 22.8. The number of benzene rings is 1. The number of hydrogen-bond acceptors (Lipinski definition) is 1. The van der Waals surface area contributed by atoms with E-state index in [1.807, 2.05) is 18.7 Å². The molecule has 1 aromatic heterocycles. The van der Waals surface area contributed by atoms with Crippen LogP contribution < -0.4 is 0 Å². The van der Waals surface area contributed by atoms with Crippen molar-refractivity contribution in [3.8, 4) is 0 Å². The van der Waals surface area contributed by atoms with E-state index in [1.54, 1.807) is 0 Å². The zero-order valence-electron chi connectivity index (χ0n) is 16.5. The summed E-state index contributed by atoms with van der Waals surface area (Å²) in [5.74, 6) is 0. The van der Waals surface area contributed by atoms with Gasteiger partial charge in [0.15, 0.2) is 0 Å². The van der Waals surface area contributed by atoms with Gasteiger partial charge >= 0.3 is 0 Å². The van der Waals surface area contributed by atoms with Gasteiger partial charge in [-0.15, -0.1) is 12.4 Å². The fraction of sp³-hybridized carbons (Fsp3) is 0.609. The summed E-state index contributed by atoms with van der Waals surface area (Å²) >= 11 is 0. The Kier molecular flexibility index (Phi) is 13.0. The second-order valence-electron chi connectivity index (χ2n) is 7.29. The lowest BCUT2D eigenvalue weighted by molar-refractivity contribution is 0.549. The Morgan fingerprint density at radius 1 is 0.769 bits per heavy atom. The van der Waals surface area contributed by atoms with Crippen molar-refractivity contribution in [2.24, 2.45) is 0 Å². The van der Waals surface area contributed by atoms with E-state index in [9.17, 15) is 0 Å². The van der Waals surface area contributed by atoms with E-state index in [0.717, 1.165) is 6.54 Å². The van der Waals surface area contributed by atoms with Crippen molar-refractivity contribution in [2.45, 2.75) is 90.5 Å². The molecule has 0 amide bonds. The highest BCUT2D eigenvalue weighted by molar-refractivity contribution is 5.85. The van der Waals surface area contributed by atoms with Gasteiger partial charge in [0.2, 0.25) is 0 Å². The van der Waals surface area contributed by atoms with Gasteiger partial charge in [0.25, 0.3) is 0 Å². The average molecular weight is 377 g/mol. The van der Waals surface area contributed by atoms with E-state index in [-0.39, 0.29) is 12.4 Å². The van der Waals surface area contributed by atoms with Crippen LogP contribution in [0, 0.1) is 0 Å². The Hall–Kier alpha value is -1.28. The Bertz CT molecular complexity index is 551. The van der Waals surface area contributed by atoms with Gasteiger partial charge in [-0.1, -0.05) is 95.4 Å². The quantitative estimate of drug-likeness (QED) is 0.318. The van der Waals surface area contributed by atoms with Crippen molar-refractivity contribution in [2.75, 3.05) is 0 Å². The first-order chi connectivity index (χ1) is 12.4. The highest BCUT2D eigenvalue weighted by Gasteiger charge is 2.02. The molecule has 0 spiro atoms. The van der Waals surface area contributed by atoms with Crippen LogP contribution in [-0.4, -0.2) is 9.55 Å². The number of nitrogens with zero attached hydrogens (tertiary/aromatic N) is 2. The first-order valence-corrected chi connectivity index (χ1v) is 10.4. The Labute approximate surface area is 166 Å². The molecule has 0 aliphatic carbocycles. The highest BCUT2D eigenvalue weighted by atomic mass is 35.5. The molecule has 0 unspecified atom stereocenters. The molecule has 0 fully saturated rings. The van der Waals surface area contributed by atoms with Crippen LogP contribution in [0.3, 0.4) is 0 Å². The zero-order chi connectivity index (χ0) is 17.6. The van der Waals surface area contributed by atoms with Gasteiger partial charge in [0.1, 0.15) is 0 Å². The van der Waals surface area contributed by atoms with Gasteiger partial charge in [-0.2, -0.15) is 0 Å². The number of hydrogen-bond donors (Lipinski definition) is 0. The van der Waals surface area contributed by atoms with E-state index in [0.29, 0.717) is 0 Å². The minimum Gasteiger partial charge on any atom is -0.333 e. The van der Waals surface area contributed by atoms with Gasteiger partial charge in [-0.05, 0) is 24.0 Å². The third-order valence-electron chi connectivity index (χ3n) is 5.08. The van der Waals surface area contributed by atoms with Crippen LogP contribution in [0.2, 0.25) is 0 Å². The molecule has 2 nitrogen and oxygen atoms in total. The lowest BCUT2D eigenvalue weighted by Gasteiger charge is -2.10. The number of halogens is 1. The standard InChI is InChI=1S/C23H36N2.ClH/c1-2-3-4-5-6-7-8-9-10-11-12-15-22-16-13-14-17-23(22)20-25-19-18-24-21-25;/h13-14,16-19,21H,2-12,15,20H2,1H3;1H. The summed E-state index contributed by atoms with van der Waals surface area (Å²) in [4.78, 5) is 4.14. The van der Waals surface area contributed by atoms with Gasteiger partial charge in [-0.25, -0.2) is 4.98 Å². The largest absolute Gasteiger partial charge is 0.333 e. The maximum absolute atomic E-state index is 4.14. The molecule has 26 heavy (non-hydrogen) atoms. The van der Waals surface area contributed by atoms with E-state index in [1.165, 1.54) is 88.2 Å². The highest BCUT2D eigenvalue weighted by Crippen LogP contribution is 2.16. The molecule has 1 heterocycles. The molecule has 1 aromatic carbocycles. The fourth-order valence-electron chi connectivity index (χ4n) is 3.51. The Morgan fingerprint density at radius 3 is 1.92 bits per heavy atom. The molecule has 0 bridgehead atoms. The van der Waals surface area contributed by atoms with E-state index >= 15 is 0 Å². The lowest BCUT2D eigenvalue weighted by atomic mass is 10.00. The molecule has 2 rings (SSSR count). The van der Waals surface area contributed by atoms with Crippen LogP contribution in [0.5, 0.6) is 0 Å². The summed E-state index contributed by atoms with van der Waals surface area (Å²) in [5.41, 5.74) is 2.94. The number of aromatic nitrogens is 2. The first-order valence-electron chi connectivity index (χ1n) is 10.4. The Balaban J connectivity index is 0.00000338. The van der Waals surface area contributed by atoms with E-state index < -0.39 is 0 Å². The van der Waals surface area contributed by atoms with Crippen molar-refractivity contribution < 1.29 is 0 Å². The summed E-state index contributed by atoms with van der Waals surface area (Å²) < 4.78 is 2.15. The van der Waals surface area contributed by atoms with Gasteiger partial charge in [0, 0.05) is 18.9 Å². The number of imidazole rings is 1. The van der Waals surface area contributed by atoms with E-state index in [4.69, 9.17) is 0 Å². The normalized spacial score (nSPS) is 10.7. The van der Waals surface area contributed by atoms with Gasteiger partial charge in [-0.3, -0.25) is 0 Å². The Morgan fingerprint density at radius 2 is 1.35 bits per heavy atom. The predicted molar refractivity (Wildman–Crippen MR) is 115 cm³/mol. The monoisotopic (exact) mass is 376 g/mol. The molecule has 2 aromatic rings. The summed E-state index contributed by atoms with van der Waals surface area (Å²) in [6.45, 7) is 3.23. The van der Waals surface area contributed by atoms with Crippen LogP contribution in [0.1, 0.15) is 88.7 Å². The van der Waals surface area contributed by atoms with Crippen molar-refractivity contribution in [3.63, 3.8) is 0 Å². The average Bonchev–Trinajstić information content (AvgIpc) is 3.14. The minimum atomic E-state index is 0. The number of unbranched alkanes of at least 4 members (excludes halogenated alkanes) is 10. The van der Waals surface area contributed by atoms with Crippen LogP contribution in [0.4, 0.5) is 0 Å². The van der Waals surface area contributed by atoms with Crippen molar-refractivity contribution in [3.05, 3.63) is 54.1 Å². The lowest BCUT2D eigenvalue weighted by Crippen LogP contribution is -2.01. The molecule has 0 aliphatic heterocycles. The van der Waals surface area contributed by atoms with Crippen molar-refractivity contribution in [1.29, 1.82) is 0 Å². The molecule has 0 N–H and O–H groups in total. The molecular weight excluding hydrogens is 340 g/mol. The second-order valence-corrected chi connectivity index (χ2v) is 7.29. The second kappa shape index (κ2) is 14.8. The molecule has 3 heteroatoms. The number of rotatable bonds is 14. The summed E-state index contributed by atoms with van der Waals surface area (Å²) in [5, 5.41) is 0. The van der Waals surface area contributed by atoms with Crippen LogP contribution >= 0.6 is 12.4 Å². The smallest absolute Gasteiger partial charge is 0.0949 e. The van der Waals surface area contributed by atoms with Crippen LogP contribution in [0.25, 0.3) is 0 Å². The number of aryl methyl sites for hydroxylation is 1.